The van der Waals surface area contributed by atoms with E-state index in [4.69, 9.17) is 0 Å². The Morgan fingerprint density at radius 2 is 1.78 bits per heavy atom. The van der Waals surface area contributed by atoms with Gasteiger partial charge in [-0.15, -0.1) is 0 Å². The Labute approximate surface area is 205 Å². The van der Waals surface area contributed by atoms with Crippen molar-refractivity contribution in [3.63, 3.8) is 0 Å². The molecule has 0 radical (unpaired) electrons. The van der Waals surface area contributed by atoms with Crippen LogP contribution in [0.2, 0.25) is 0 Å². The summed E-state index contributed by atoms with van der Waals surface area (Å²) in [6, 6.07) is 13.9. The van der Waals surface area contributed by atoms with Gasteiger partial charge >= 0.3 is 6.03 Å². The average Bonchev–Trinajstić information content (AvgIpc) is 2.89. The molecule has 8 nitrogen and oxygen atoms in total. The number of aryl methyl sites for hydroxylation is 1. The van der Waals surface area contributed by atoms with Crippen molar-refractivity contribution in [1.82, 2.24) is 19.4 Å². The predicted octanol–water partition coefficient (Wildman–Crippen LogP) is 3.78. The van der Waals surface area contributed by atoms with E-state index in [9.17, 15) is 18.4 Å². The maximum Gasteiger partial charge on any atom is 0.322 e. The Bertz CT molecular complexity index is 1480. The van der Waals surface area contributed by atoms with E-state index in [1.54, 1.807) is 16.8 Å². The Morgan fingerprint density at radius 3 is 2.53 bits per heavy atom. The number of pyridine rings is 1. The molecule has 0 spiro atoms. The first kappa shape index (κ1) is 23.4. The molecule has 0 unspecified atom stereocenters. The van der Waals surface area contributed by atoms with Crippen molar-refractivity contribution in [2.75, 3.05) is 36.4 Å². The van der Waals surface area contributed by atoms with Gasteiger partial charge in [0.1, 0.15) is 17.2 Å². The van der Waals surface area contributed by atoms with Gasteiger partial charge in [0.2, 0.25) is 0 Å². The summed E-state index contributed by atoms with van der Waals surface area (Å²) in [5.74, 6) is -1.07. The van der Waals surface area contributed by atoms with Gasteiger partial charge < -0.3 is 15.1 Å². The van der Waals surface area contributed by atoms with Crippen LogP contribution in [0.25, 0.3) is 11.2 Å². The molecule has 36 heavy (non-hydrogen) atoms. The predicted molar refractivity (Wildman–Crippen MR) is 133 cm³/mol. The van der Waals surface area contributed by atoms with Crippen LogP contribution in [0.5, 0.6) is 0 Å². The smallest absolute Gasteiger partial charge is 0.322 e. The van der Waals surface area contributed by atoms with Crippen LogP contribution < -0.4 is 15.8 Å². The highest BCUT2D eigenvalue weighted by atomic mass is 19.1. The number of hydrogen-bond donors (Lipinski definition) is 1. The van der Waals surface area contributed by atoms with E-state index in [1.807, 2.05) is 42.2 Å². The summed E-state index contributed by atoms with van der Waals surface area (Å²) in [7, 11) is 0. The number of amides is 2. The lowest BCUT2D eigenvalue weighted by Gasteiger charge is -2.35. The van der Waals surface area contributed by atoms with Crippen molar-refractivity contribution in [3.05, 3.63) is 93.9 Å². The fraction of sp³-hybridized carbons (Fsp3) is 0.231. The summed E-state index contributed by atoms with van der Waals surface area (Å²) >= 11 is 0. The summed E-state index contributed by atoms with van der Waals surface area (Å²) in [4.78, 5) is 38.5. The Kier molecular flexibility index (Phi) is 6.32. The monoisotopic (exact) mass is 490 g/mol. The maximum atomic E-state index is 13.9. The van der Waals surface area contributed by atoms with Crippen molar-refractivity contribution in [3.8, 4) is 0 Å². The summed E-state index contributed by atoms with van der Waals surface area (Å²) in [6.45, 7) is 3.64. The molecule has 5 rings (SSSR count). The highest BCUT2D eigenvalue weighted by Crippen LogP contribution is 2.19. The van der Waals surface area contributed by atoms with Crippen LogP contribution in [-0.2, 0) is 6.54 Å². The number of carbonyl (C=O) groups is 1. The lowest BCUT2D eigenvalue weighted by Crippen LogP contribution is -2.51. The van der Waals surface area contributed by atoms with Gasteiger partial charge in [-0.1, -0.05) is 29.8 Å². The maximum absolute atomic E-state index is 13.9. The number of hydrogen-bond acceptors (Lipinski definition) is 5. The molecule has 0 saturated carbocycles. The lowest BCUT2D eigenvalue weighted by molar-refractivity contribution is 0.208. The summed E-state index contributed by atoms with van der Waals surface area (Å²) in [6.07, 6.45) is 1.63. The standard InChI is InChI=1S/C26H24F2N6O2/c1-17-4-6-18(7-5-17)16-34-23-21(3-2-10-29-23)30-24(25(34)35)32-11-13-33(14-12-32)26(36)31-22-15-19(27)8-9-20(22)28/h2-10,15H,11-14,16H2,1H3,(H,31,36). The van der Waals surface area contributed by atoms with E-state index >= 15 is 0 Å². The van der Waals surface area contributed by atoms with Crippen LogP contribution in [0.1, 0.15) is 11.1 Å². The minimum Gasteiger partial charge on any atom is -0.348 e. The number of anilines is 2. The lowest BCUT2D eigenvalue weighted by atomic mass is 10.1. The molecule has 2 aromatic carbocycles. The first-order chi connectivity index (χ1) is 17.4. The average molecular weight is 491 g/mol. The molecule has 0 atom stereocenters. The molecule has 0 aliphatic carbocycles. The molecular formula is C26H24F2N6O2. The van der Waals surface area contributed by atoms with Crippen molar-refractivity contribution in [2.24, 2.45) is 0 Å². The molecular weight excluding hydrogens is 466 g/mol. The Hall–Kier alpha value is -4.34. The first-order valence-electron chi connectivity index (χ1n) is 11.6. The number of carbonyl (C=O) groups excluding carboxylic acids is 1. The van der Waals surface area contributed by atoms with Crippen LogP contribution in [0.15, 0.2) is 65.6 Å². The van der Waals surface area contributed by atoms with E-state index in [-0.39, 0.29) is 24.3 Å². The highest BCUT2D eigenvalue weighted by Gasteiger charge is 2.25. The third-order valence-electron chi connectivity index (χ3n) is 6.18. The quantitative estimate of drug-likeness (QED) is 0.471. The van der Waals surface area contributed by atoms with Gasteiger partial charge in [0, 0.05) is 38.4 Å². The molecule has 0 bridgehead atoms. The number of halogens is 2. The second kappa shape index (κ2) is 9.73. The third kappa shape index (κ3) is 4.74. The SMILES string of the molecule is Cc1ccc(Cn2c(=O)c(N3CCN(C(=O)Nc4cc(F)ccc4F)CC3)nc3cccnc32)cc1. The molecule has 10 heteroatoms. The number of fused-ring (bicyclic) bond motifs is 1. The first-order valence-corrected chi connectivity index (χ1v) is 11.6. The molecule has 1 fully saturated rings. The van der Waals surface area contributed by atoms with Gasteiger partial charge in [0.25, 0.3) is 5.56 Å². The molecule has 1 saturated heterocycles. The van der Waals surface area contributed by atoms with Gasteiger partial charge in [0.15, 0.2) is 11.5 Å². The molecule has 184 valence electrons. The van der Waals surface area contributed by atoms with Crippen molar-refractivity contribution in [2.45, 2.75) is 13.5 Å². The van der Waals surface area contributed by atoms with E-state index < -0.39 is 17.7 Å². The molecule has 2 aromatic heterocycles. The van der Waals surface area contributed by atoms with E-state index in [1.165, 1.54) is 4.90 Å². The van der Waals surface area contributed by atoms with Gasteiger partial charge in [0.05, 0.1) is 12.2 Å². The zero-order valence-corrected chi connectivity index (χ0v) is 19.6. The fourth-order valence-electron chi connectivity index (χ4n) is 4.20. The van der Waals surface area contributed by atoms with Crippen molar-refractivity contribution in [1.29, 1.82) is 0 Å². The summed E-state index contributed by atoms with van der Waals surface area (Å²) in [5, 5.41) is 2.41. The molecule has 1 aliphatic rings. The normalized spacial score (nSPS) is 13.8. The van der Waals surface area contributed by atoms with Gasteiger partial charge in [-0.3, -0.25) is 9.36 Å². The Balaban J connectivity index is 1.36. The topological polar surface area (TPSA) is 83.4 Å². The zero-order valence-electron chi connectivity index (χ0n) is 19.6. The van der Waals surface area contributed by atoms with Crippen LogP contribution in [0, 0.1) is 18.6 Å². The molecule has 4 aromatic rings. The number of nitrogens with zero attached hydrogens (tertiary/aromatic N) is 5. The summed E-state index contributed by atoms with van der Waals surface area (Å²) < 4.78 is 29.0. The van der Waals surface area contributed by atoms with Crippen LogP contribution in [-0.4, -0.2) is 51.6 Å². The summed E-state index contributed by atoms with van der Waals surface area (Å²) in [5.41, 5.74) is 2.72. The number of urea groups is 1. The molecule has 1 N–H and O–H groups in total. The van der Waals surface area contributed by atoms with Crippen LogP contribution in [0.4, 0.5) is 25.1 Å². The van der Waals surface area contributed by atoms with Crippen LogP contribution >= 0.6 is 0 Å². The number of nitrogens with one attached hydrogen (secondary N) is 1. The second-order valence-electron chi connectivity index (χ2n) is 8.69. The van der Waals surface area contributed by atoms with E-state index in [0.717, 1.165) is 29.3 Å². The minimum atomic E-state index is -0.716. The third-order valence-corrected chi connectivity index (χ3v) is 6.18. The van der Waals surface area contributed by atoms with Gasteiger partial charge in [-0.25, -0.2) is 23.5 Å². The van der Waals surface area contributed by atoms with Crippen molar-refractivity contribution < 1.29 is 13.6 Å². The van der Waals surface area contributed by atoms with Crippen LogP contribution in [0.3, 0.4) is 0 Å². The molecule has 3 heterocycles. The van der Waals surface area contributed by atoms with Crippen molar-refractivity contribution >= 4 is 28.7 Å². The molecule has 1 aliphatic heterocycles. The largest absolute Gasteiger partial charge is 0.348 e. The highest BCUT2D eigenvalue weighted by molar-refractivity contribution is 5.89. The van der Waals surface area contributed by atoms with Gasteiger partial charge in [-0.2, -0.15) is 0 Å². The number of piperazine rings is 1. The number of benzene rings is 2. The fourth-order valence-corrected chi connectivity index (χ4v) is 4.20. The zero-order chi connectivity index (χ0) is 25.2. The number of rotatable bonds is 4. The Morgan fingerprint density at radius 1 is 1.03 bits per heavy atom. The second-order valence-corrected chi connectivity index (χ2v) is 8.69. The molecule has 2 amide bonds. The van der Waals surface area contributed by atoms with E-state index in [0.29, 0.717) is 36.6 Å². The minimum absolute atomic E-state index is 0.217. The number of aromatic nitrogens is 3. The van der Waals surface area contributed by atoms with E-state index in [2.05, 4.69) is 15.3 Å². The van der Waals surface area contributed by atoms with Gasteiger partial charge in [-0.05, 0) is 36.8 Å².